The molecule has 0 aliphatic rings. The summed E-state index contributed by atoms with van der Waals surface area (Å²) in [6.07, 6.45) is 1.56. The summed E-state index contributed by atoms with van der Waals surface area (Å²) in [4.78, 5) is 12.0. The number of nitrogens with zero attached hydrogens (tertiary/aromatic N) is 6. The van der Waals surface area contributed by atoms with Crippen molar-refractivity contribution in [3.8, 4) is 5.75 Å². The third-order valence-corrected chi connectivity index (χ3v) is 9.68. The van der Waals surface area contributed by atoms with Gasteiger partial charge in [0.05, 0.1) is 43.9 Å². The molecule has 0 amide bonds. The molecule has 0 aliphatic carbocycles. The summed E-state index contributed by atoms with van der Waals surface area (Å²) in [6, 6.07) is 14.5. The number of carboxylic acid groups (broad SMARTS) is 1. The smallest absolute Gasteiger partial charge is 0.300 e. The number of aliphatic carboxylic acids is 1. The van der Waals surface area contributed by atoms with Crippen molar-refractivity contribution in [2.75, 3.05) is 5.73 Å². The summed E-state index contributed by atoms with van der Waals surface area (Å²) in [5.41, 5.74) is 6.20. The van der Waals surface area contributed by atoms with Gasteiger partial charge in [0.25, 0.3) is 26.2 Å². The van der Waals surface area contributed by atoms with Gasteiger partial charge in [-0.05, 0) is 59.4 Å². The Labute approximate surface area is 311 Å². The third-order valence-electron chi connectivity index (χ3n) is 6.58. The van der Waals surface area contributed by atoms with Crippen LogP contribution in [0.15, 0.2) is 102 Å². The van der Waals surface area contributed by atoms with E-state index in [-0.39, 0.29) is 48.8 Å². The van der Waals surface area contributed by atoms with E-state index in [1.807, 2.05) is 12.1 Å². The molecular formula is C28H21CuN7O12S4. The Balaban J connectivity index is 0.00000115. The number of rotatable bonds is 9. The van der Waals surface area contributed by atoms with E-state index < -0.39 is 53.1 Å². The van der Waals surface area contributed by atoms with Crippen molar-refractivity contribution in [1.29, 1.82) is 0 Å². The van der Waals surface area contributed by atoms with Crippen molar-refractivity contribution in [2.45, 2.75) is 21.6 Å². The summed E-state index contributed by atoms with van der Waals surface area (Å²) in [5, 5.41) is 48.3. The van der Waals surface area contributed by atoms with Crippen LogP contribution >= 0.6 is 23.6 Å². The van der Waals surface area contributed by atoms with Crippen LogP contribution in [0.25, 0.3) is 32.6 Å². The number of nitrogens with two attached hydrogens (primary N) is 1. The molecule has 6 rings (SSSR count). The van der Waals surface area contributed by atoms with Gasteiger partial charge in [-0.1, -0.05) is 23.2 Å². The van der Waals surface area contributed by atoms with E-state index in [2.05, 4.69) is 39.2 Å². The number of carboxylic acids is 1. The van der Waals surface area contributed by atoms with Crippen LogP contribution in [0.3, 0.4) is 0 Å². The van der Waals surface area contributed by atoms with Crippen LogP contribution in [0.5, 0.6) is 5.75 Å². The van der Waals surface area contributed by atoms with Crippen molar-refractivity contribution in [3.63, 3.8) is 0 Å². The zero-order valence-corrected chi connectivity index (χ0v) is 29.8. The maximum atomic E-state index is 12.5. The fraction of sp³-hybridized carbons (Fsp3) is 0.0357. The summed E-state index contributed by atoms with van der Waals surface area (Å²) in [7, 11) is -9.59. The van der Waals surface area contributed by atoms with Gasteiger partial charge in [0.1, 0.15) is 22.0 Å². The first-order valence-electron chi connectivity index (χ1n) is 13.6. The SMILES string of the molecule is CC(=O)O.Nc1c(N=Nc2snc3ccc(S(=O)(=O)O)cc23)c(S(=O)(=O)O)cc2cc(SOOO)c(N=Nc3cccc4cccnc34)c(O)c12.[Cu]. The van der Waals surface area contributed by atoms with Gasteiger partial charge >= 0.3 is 0 Å². The zero-order chi connectivity index (χ0) is 37.1. The van der Waals surface area contributed by atoms with Gasteiger partial charge in [-0.2, -0.15) is 21.2 Å². The quantitative estimate of drug-likeness (QED) is 0.0160. The molecule has 6 aromatic rings. The molecule has 0 unspecified atom stereocenters. The van der Waals surface area contributed by atoms with E-state index in [1.165, 1.54) is 12.1 Å². The topological polar surface area (TPSA) is 306 Å². The van der Waals surface area contributed by atoms with E-state index in [0.717, 1.165) is 42.0 Å². The molecule has 19 nitrogen and oxygen atoms in total. The molecule has 0 spiro atoms. The first-order chi connectivity index (χ1) is 24.1. The van der Waals surface area contributed by atoms with Crippen LogP contribution in [-0.4, -0.2) is 56.7 Å². The molecule has 52 heavy (non-hydrogen) atoms. The zero-order valence-electron chi connectivity index (χ0n) is 25.6. The molecule has 0 fully saturated rings. The number of phenols is 1. The molecule has 275 valence electrons. The summed E-state index contributed by atoms with van der Waals surface area (Å²) in [5.74, 6) is -1.46. The number of benzene rings is 4. The van der Waals surface area contributed by atoms with Crippen LogP contribution in [0.4, 0.5) is 27.8 Å². The second-order valence-corrected chi connectivity index (χ2v) is 14.2. The number of pyridine rings is 1. The van der Waals surface area contributed by atoms with E-state index in [4.69, 9.17) is 20.9 Å². The number of hydrogen-bond donors (Lipinski definition) is 6. The molecule has 2 heterocycles. The first kappa shape index (κ1) is 40.1. The van der Waals surface area contributed by atoms with Gasteiger partial charge in [0.15, 0.2) is 10.8 Å². The number of carbonyl (C=O) groups is 1. The predicted molar refractivity (Wildman–Crippen MR) is 183 cm³/mol. The number of anilines is 1. The molecule has 0 atom stereocenters. The molecule has 4 aromatic carbocycles. The van der Waals surface area contributed by atoms with Crippen LogP contribution in [-0.2, 0) is 51.5 Å². The van der Waals surface area contributed by atoms with E-state index >= 15 is 0 Å². The fourth-order valence-electron chi connectivity index (χ4n) is 4.53. The summed E-state index contributed by atoms with van der Waals surface area (Å²) in [6.45, 7) is 1.08. The number of para-hydroxylation sites is 1. The van der Waals surface area contributed by atoms with Gasteiger partial charge in [-0.3, -0.25) is 18.9 Å². The molecule has 0 aliphatic heterocycles. The standard InChI is InChI=1S/C26H17N7O10S4.C2H4O2.Cu/c27-21-20-13(9-18(45-43-42-35)23(25(20)34)30-29-17-5-1-3-12-4-2-8-28-22(12)17)10-19(47(39,40)41)24(21)31-32-26-15-11-14(46(36,37)38)6-7-16(15)33-44-26;1-2(3)4;/h1-11,34-35H,27H2,(H,36,37,38)(H,39,40,41);1H3,(H,3,4);. The van der Waals surface area contributed by atoms with Crippen LogP contribution in [0, 0.1) is 0 Å². The normalized spacial score (nSPS) is 12.0. The second-order valence-electron chi connectivity index (χ2n) is 9.92. The maximum absolute atomic E-state index is 12.5. The van der Waals surface area contributed by atoms with Crippen LogP contribution in [0.1, 0.15) is 6.92 Å². The van der Waals surface area contributed by atoms with E-state index in [9.17, 15) is 31.0 Å². The first-order valence-corrected chi connectivity index (χ1v) is 18.0. The Morgan fingerprint density at radius 2 is 1.62 bits per heavy atom. The van der Waals surface area contributed by atoms with Gasteiger partial charge in [0, 0.05) is 41.0 Å². The Kier molecular flexibility index (Phi) is 12.6. The third kappa shape index (κ3) is 8.83. The largest absolute Gasteiger partial charge is 0.505 e. The molecule has 7 N–H and O–H groups in total. The molecule has 0 saturated carbocycles. The van der Waals surface area contributed by atoms with Crippen molar-refractivity contribution in [3.05, 3.63) is 66.9 Å². The second kappa shape index (κ2) is 16.3. The number of nitrogen functional groups attached to an aromatic ring is 1. The van der Waals surface area contributed by atoms with Gasteiger partial charge in [0.2, 0.25) is 0 Å². The number of aromatic hydroxyl groups is 1. The molecule has 0 saturated heterocycles. The number of hydrogen-bond acceptors (Lipinski definition) is 18. The molecular weight excluding hydrogens is 818 g/mol. The molecule has 1 radical (unpaired) electrons. The average molecular weight is 839 g/mol. The minimum absolute atomic E-state index is 0. The number of aromatic nitrogens is 2. The van der Waals surface area contributed by atoms with Crippen molar-refractivity contribution in [2.24, 2.45) is 20.5 Å². The minimum Gasteiger partial charge on any atom is -0.505 e. The van der Waals surface area contributed by atoms with E-state index in [0.29, 0.717) is 28.8 Å². The average Bonchev–Trinajstić information content (AvgIpc) is 3.47. The van der Waals surface area contributed by atoms with Crippen molar-refractivity contribution in [1.82, 2.24) is 9.36 Å². The Morgan fingerprint density at radius 3 is 2.29 bits per heavy atom. The number of azo groups is 2. The summed E-state index contributed by atoms with van der Waals surface area (Å²) < 4.78 is 76.4. The number of fused-ring (bicyclic) bond motifs is 3. The van der Waals surface area contributed by atoms with Crippen molar-refractivity contribution >= 4 is 110 Å². The Bertz CT molecular complexity index is 2610. The summed E-state index contributed by atoms with van der Waals surface area (Å²) >= 11 is 1.16. The monoisotopic (exact) mass is 838 g/mol. The Hall–Kier alpha value is -4.72. The van der Waals surface area contributed by atoms with Crippen LogP contribution in [0.2, 0.25) is 0 Å². The van der Waals surface area contributed by atoms with Gasteiger partial charge < -0.3 is 15.9 Å². The predicted octanol–water partition coefficient (Wildman–Crippen LogP) is 7.13. The number of phenolic OH excluding ortho intramolecular Hbond substituents is 1. The Morgan fingerprint density at radius 1 is 0.923 bits per heavy atom. The van der Waals surface area contributed by atoms with Crippen LogP contribution < -0.4 is 5.73 Å². The van der Waals surface area contributed by atoms with Crippen molar-refractivity contribution < 1.29 is 72.6 Å². The fourth-order valence-corrected chi connectivity index (χ4v) is 6.89. The van der Waals surface area contributed by atoms with Gasteiger partial charge in [-0.15, -0.1) is 24.8 Å². The maximum Gasteiger partial charge on any atom is 0.300 e. The molecule has 2 aromatic heterocycles. The van der Waals surface area contributed by atoms with Gasteiger partial charge in [-0.25, -0.2) is 5.26 Å². The molecule has 24 heteroatoms. The molecule has 0 bridgehead atoms. The minimum atomic E-state index is -5.02. The van der Waals surface area contributed by atoms with E-state index in [1.54, 1.807) is 24.4 Å².